The highest BCUT2D eigenvalue weighted by Crippen LogP contribution is 2.29. The van der Waals surface area contributed by atoms with Crippen molar-refractivity contribution in [2.45, 2.75) is 19.3 Å². The van der Waals surface area contributed by atoms with E-state index in [4.69, 9.17) is 10.00 Å². The fourth-order valence-corrected chi connectivity index (χ4v) is 1.69. The second-order valence-electron chi connectivity index (χ2n) is 4.03. The van der Waals surface area contributed by atoms with Gasteiger partial charge in [0, 0.05) is 19.8 Å². The number of carbonyl (C=O) groups is 1. The second-order valence-corrected chi connectivity index (χ2v) is 4.03. The molecule has 1 N–H and O–H groups in total. The lowest BCUT2D eigenvalue weighted by atomic mass is 9.81. The first-order valence-corrected chi connectivity index (χ1v) is 5.74. The van der Waals surface area contributed by atoms with Gasteiger partial charge in [0.25, 0.3) is 6.43 Å². The van der Waals surface area contributed by atoms with Gasteiger partial charge in [-0.2, -0.15) is 5.26 Å². The van der Waals surface area contributed by atoms with Gasteiger partial charge in [0.1, 0.15) is 12.0 Å². The molecule has 1 aliphatic heterocycles. The Kier molecular flexibility index (Phi) is 5.95. The number of hydrogen-bond donors (Lipinski definition) is 1. The van der Waals surface area contributed by atoms with Crippen LogP contribution in [0.5, 0.6) is 0 Å². The molecule has 1 rings (SSSR count). The van der Waals surface area contributed by atoms with Crippen LogP contribution in [0.1, 0.15) is 12.8 Å². The zero-order chi connectivity index (χ0) is 13.4. The van der Waals surface area contributed by atoms with Gasteiger partial charge in [-0.05, 0) is 12.8 Å². The third kappa shape index (κ3) is 4.20. The molecule has 1 aliphatic rings. The highest BCUT2D eigenvalue weighted by molar-refractivity contribution is 5.85. The Labute approximate surface area is 104 Å². The first kappa shape index (κ1) is 14.8. The average Bonchev–Trinajstić information content (AvgIpc) is 2.38. The summed E-state index contributed by atoms with van der Waals surface area (Å²) in [7, 11) is 0. The number of amides is 1. The predicted molar refractivity (Wildman–Crippen MR) is 57.9 cm³/mol. The molecule has 7 heteroatoms. The Morgan fingerprint density at radius 2 is 2.17 bits per heavy atom. The van der Waals surface area contributed by atoms with Crippen molar-refractivity contribution >= 4 is 5.91 Å². The molecule has 18 heavy (non-hydrogen) atoms. The standard InChI is InChI=1S/C11H16F2N2O3/c12-9(13)7-18-6-3-15-10(16)11(8-14)1-4-17-5-2-11/h9H,1-7H2,(H,15,16). The van der Waals surface area contributed by atoms with E-state index in [1.165, 1.54) is 0 Å². The number of nitrogens with one attached hydrogen (secondary N) is 1. The third-order valence-electron chi connectivity index (χ3n) is 2.77. The molecule has 0 radical (unpaired) electrons. The van der Waals surface area contributed by atoms with Crippen LogP contribution in [0, 0.1) is 16.7 Å². The van der Waals surface area contributed by atoms with Crippen LogP contribution in [-0.2, 0) is 14.3 Å². The van der Waals surface area contributed by atoms with Crippen LogP contribution in [0.25, 0.3) is 0 Å². The number of carbonyl (C=O) groups excluding carboxylic acids is 1. The molecule has 5 nitrogen and oxygen atoms in total. The second kappa shape index (κ2) is 7.24. The fourth-order valence-electron chi connectivity index (χ4n) is 1.69. The normalized spacial score (nSPS) is 18.3. The van der Waals surface area contributed by atoms with E-state index in [9.17, 15) is 13.6 Å². The highest BCUT2D eigenvalue weighted by atomic mass is 19.3. The van der Waals surface area contributed by atoms with Crippen LogP contribution in [0.4, 0.5) is 8.78 Å². The van der Waals surface area contributed by atoms with E-state index in [-0.39, 0.29) is 19.1 Å². The molecule has 0 spiro atoms. The summed E-state index contributed by atoms with van der Waals surface area (Å²) >= 11 is 0. The Hall–Kier alpha value is -1.26. The maximum Gasteiger partial charge on any atom is 0.261 e. The van der Waals surface area contributed by atoms with Crippen LogP contribution in [0.2, 0.25) is 0 Å². The maximum atomic E-state index is 11.9. The molecule has 0 atom stereocenters. The monoisotopic (exact) mass is 262 g/mol. The number of hydrogen-bond acceptors (Lipinski definition) is 4. The summed E-state index contributed by atoms with van der Waals surface area (Å²) in [5.74, 6) is -0.381. The summed E-state index contributed by atoms with van der Waals surface area (Å²) in [6.07, 6.45) is -1.80. The van der Waals surface area contributed by atoms with Gasteiger partial charge in [-0.1, -0.05) is 0 Å². The summed E-state index contributed by atoms with van der Waals surface area (Å²) in [5, 5.41) is 11.6. The molecule has 102 valence electrons. The van der Waals surface area contributed by atoms with Gasteiger partial charge in [-0.25, -0.2) is 8.78 Å². The summed E-state index contributed by atoms with van der Waals surface area (Å²) < 4.78 is 33.2. The van der Waals surface area contributed by atoms with Crippen LogP contribution >= 0.6 is 0 Å². The topological polar surface area (TPSA) is 71.4 Å². The maximum absolute atomic E-state index is 11.9. The Morgan fingerprint density at radius 1 is 1.50 bits per heavy atom. The smallest absolute Gasteiger partial charge is 0.261 e. The van der Waals surface area contributed by atoms with E-state index < -0.39 is 18.4 Å². The van der Waals surface area contributed by atoms with Crippen LogP contribution in [0.15, 0.2) is 0 Å². The van der Waals surface area contributed by atoms with Crippen LogP contribution in [0.3, 0.4) is 0 Å². The van der Waals surface area contributed by atoms with Gasteiger partial charge in [0.15, 0.2) is 0 Å². The molecule has 0 aromatic heterocycles. The van der Waals surface area contributed by atoms with Crippen molar-refractivity contribution in [3.05, 3.63) is 0 Å². The zero-order valence-corrected chi connectivity index (χ0v) is 9.95. The van der Waals surface area contributed by atoms with Gasteiger partial charge < -0.3 is 14.8 Å². The highest BCUT2D eigenvalue weighted by Gasteiger charge is 2.40. The predicted octanol–water partition coefficient (Wildman–Crippen LogP) is 0.705. The van der Waals surface area contributed by atoms with Crippen molar-refractivity contribution in [2.75, 3.05) is 33.0 Å². The quantitative estimate of drug-likeness (QED) is 0.715. The van der Waals surface area contributed by atoms with Crippen molar-refractivity contribution in [1.82, 2.24) is 5.32 Å². The molecule has 1 saturated heterocycles. The zero-order valence-electron chi connectivity index (χ0n) is 9.95. The summed E-state index contributed by atoms with van der Waals surface area (Å²) in [6, 6.07) is 2.02. The minimum absolute atomic E-state index is 0.00802. The van der Waals surface area contributed by atoms with Crippen molar-refractivity contribution in [3.63, 3.8) is 0 Å². The summed E-state index contributed by atoms with van der Waals surface area (Å²) in [5.41, 5.74) is -1.05. The minimum atomic E-state index is -2.51. The molecule has 0 bridgehead atoms. The first-order valence-electron chi connectivity index (χ1n) is 5.74. The van der Waals surface area contributed by atoms with Gasteiger partial charge in [0.2, 0.25) is 5.91 Å². The number of nitriles is 1. The summed E-state index contributed by atoms with van der Waals surface area (Å²) in [6.45, 7) is 0.239. The van der Waals surface area contributed by atoms with E-state index in [1.54, 1.807) is 0 Å². The summed E-state index contributed by atoms with van der Waals surface area (Å²) in [4.78, 5) is 11.9. The minimum Gasteiger partial charge on any atom is -0.381 e. The van der Waals surface area contributed by atoms with E-state index in [0.717, 1.165) is 0 Å². The number of ether oxygens (including phenoxy) is 2. The van der Waals surface area contributed by atoms with Gasteiger partial charge in [-0.3, -0.25) is 4.79 Å². The lowest BCUT2D eigenvalue weighted by Crippen LogP contribution is -2.44. The Morgan fingerprint density at radius 3 is 2.72 bits per heavy atom. The molecule has 1 amide bonds. The molecule has 1 fully saturated rings. The lowest BCUT2D eigenvalue weighted by Gasteiger charge is -2.29. The largest absolute Gasteiger partial charge is 0.381 e. The number of rotatable bonds is 6. The van der Waals surface area contributed by atoms with Crippen molar-refractivity contribution in [1.29, 1.82) is 5.26 Å². The molecule has 0 unspecified atom stereocenters. The molecular weight excluding hydrogens is 246 g/mol. The number of alkyl halides is 2. The molecule has 0 aliphatic carbocycles. The molecular formula is C11H16F2N2O3. The van der Waals surface area contributed by atoms with Gasteiger partial charge in [0.05, 0.1) is 12.7 Å². The number of halogens is 2. The lowest BCUT2D eigenvalue weighted by molar-refractivity contribution is -0.132. The Balaban J connectivity index is 2.28. The van der Waals surface area contributed by atoms with Crippen LogP contribution in [-0.4, -0.2) is 45.3 Å². The Bertz CT molecular complexity index is 312. The van der Waals surface area contributed by atoms with E-state index in [2.05, 4.69) is 10.1 Å². The van der Waals surface area contributed by atoms with E-state index >= 15 is 0 Å². The molecule has 0 saturated carbocycles. The molecule has 0 aromatic rings. The van der Waals surface area contributed by atoms with E-state index in [1.807, 2.05) is 6.07 Å². The van der Waals surface area contributed by atoms with E-state index in [0.29, 0.717) is 26.1 Å². The van der Waals surface area contributed by atoms with Gasteiger partial charge >= 0.3 is 0 Å². The fraction of sp³-hybridized carbons (Fsp3) is 0.818. The van der Waals surface area contributed by atoms with Crippen molar-refractivity contribution < 1.29 is 23.0 Å². The average molecular weight is 262 g/mol. The van der Waals surface area contributed by atoms with Crippen molar-refractivity contribution in [3.8, 4) is 6.07 Å². The molecule has 0 aromatic carbocycles. The van der Waals surface area contributed by atoms with Gasteiger partial charge in [-0.15, -0.1) is 0 Å². The first-order chi connectivity index (χ1) is 8.60. The number of nitrogens with zero attached hydrogens (tertiary/aromatic N) is 1. The third-order valence-corrected chi connectivity index (χ3v) is 2.77. The van der Waals surface area contributed by atoms with Crippen molar-refractivity contribution in [2.24, 2.45) is 5.41 Å². The van der Waals surface area contributed by atoms with Crippen LogP contribution < -0.4 is 5.32 Å². The molecule has 1 heterocycles. The SMILES string of the molecule is N#CC1(C(=O)NCCOCC(F)F)CCOCC1.